The fraction of sp³-hybridized carbons (Fsp3) is 1.00. The minimum Gasteiger partial charge on any atom is -0.748 e. The third kappa shape index (κ3) is 14.2. The molecule has 1 atom stereocenters. The summed E-state index contributed by atoms with van der Waals surface area (Å²) in [5.74, 6) is 0. The number of hydrogen-bond acceptors (Lipinski definition) is 4. The molecule has 1 N–H and O–H groups in total. The van der Waals surface area contributed by atoms with Crippen molar-refractivity contribution < 1.29 is 69.5 Å². The Morgan fingerprint density at radius 2 is 1.42 bits per heavy atom. The molecule has 0 rings (SSSR count). The topological polar surface area (TPSA) is 77.4 Å². The van der Waals surface area contributed by atoms with Gasteiger partial charge in [0.25, 0.3) is 0 Å². The first kappa shape index (κ1) is 22.8. The van der Waals surface area contributed by atoms with Gasteiger partial charge in [0.2, 0.25) is 0 Å². The molecule has 6 heteroatoms. The zero-order chi connectivity index (χ0) is 13.9. The number of unbranched alkanes of at least 4 members (excludes halogenated alkanes) is 6. The second-order valence-corrected chi connectivity index (χ2v) is 6.54. The van der Waals surface area contributed by atoms with Crippen molar-refractivity contribution in [2.45, 2.75) is 76.4 Å². The van der Waals surface area contributed by atoms with Gasteiger partial charge in [-0.15, -0.1) is 0 Å². The summed E-state index contributed by atoms with van der Waals surface area (Å²) in [4.78, 5) is 0. The van der Waals surface area contributed by atoms with Crippen molar-refractivity contribution in [1.82, 2.24) is 0 Å². The Hall–Kier alpha value is 1.51. The molecule has 0 aliphatic rings. The Kier molecular flexibility index (Phi) is 17.3. The summed E-state index contributed by atoms with van der Waals surface area (Å²) in [6.45, 7) is 2.24. The van der Waals surface area contributed by atoms with Crippen LogP contribution < -0.4 is 51.4 Å². The van der Waals surface area contributed by atoms with Crippen LogP contribution in [-0.4, -0.2) is 29.9 Å². The maximum atomic E-state index is 11.1. The van der Waals surface area contributed by atoms with Gasteiger partial charge in [0.05, 0.1) is 10.1 Å². The summed E-state index contributed by atoms with van der Waals surface area (Å²) in [7, 11) is -4.12. The quantitative estimate of drug-likeness (QED) is 0.308. The SMILES string of the molecule is CCCCC(CCCCCCCCO)S(=O)(=O)[O-].[K+]. The molecule has 0 aliphatic carbocycles. The molecule has 0 fully saturated rings. The summed E-state index contributed by atoms with van der Waals surface area (Å²) in [5, 5.41) is 7.93. The molecule has 1 unspecified atom stereocenters. The van der Waals surface area contributed by atoms with Gasteiger partial charge in [0.15, 0.2) is 0 Å². The van der Waals surface area contributed by atoms with Gasteiger partial charge in [-0.25, -0.2) is 8.42 Å². The van der Waals surface area contributed by atoms with E-state index in [-0.39, 0.29) is 58.0 Å². The average molecular weight is 319 g/mol. The number of rotatable bonds is 12. The number of aliphatic hydroxyl groups is 1. The van der Waals surface area contributed by atoms with Crippen LogP contribution in [0, 0.1) is 0 Å². The molecule has 0 saturated heterocycles. The van der Waals surface area contributed by atoms with Gasteiger partial charge in [0.1, 0.15) is 0 Å². The molecule has 0 amide bonds. The van der Waals surface area contributed by atoms with Crippen molar-refractivity contribution in [1.29, 1.82) is 0 Å². The third-order valence-electron chi connectivity index (χ3n) is 3.22. The maximum Gasteiger partial charge on any atom is 1.00 e. The fourth-order valence-electron chi connectivity index (χ4n) is 2.06. The molecule has 4 nitrogen and oxygen atoms in total. The van der Waals surface area contributed by atoms with Crippen LogP contribution in [0.5, 0.6) is 0 Å². The van der Waals surface area contributed by atoms with Crippen LogP contribution in [0.2, 0.25) is 0 Å². The first-order valence-electron chi connectivity index (χ1n) is 7.08. The standard InChI is InChI=1S/C13H28O4S.K/c1-2-3-10-13(18(15,16)17)11-8-6-4-5-7-9-12-14;/h13-14H,2-12H2,1H3,(H,15,16,17);/q;+1/p-1. The van der Waals surface area contributed by atoms with Gasteiger partial charge in [-0.2, -0.15) is 0 Å². The monoisotopic (exact) mass is 318 g/mol. The molecule has 0 aromatic carbocycles. The van der Waals surface area contributed by atoms with E-state index in [1.165, 1.54) is 0 Å². The number of hydrogen-bond donors (Lipinski definition) is 1. The van der Waals surface area contributed by atoms with Crippen LogP contribution >= 0.6 is 0 Å². The van der Waals surface area contributed by atoms with Crippen LogP contribution in [0.4, 0.5) is 0 Å². The zero-order valence-electron chi connectivity index (χ0n) is 12.4. The first-order valence-corrected chi connectivity index (χ1v) is 8.55. The van der Waals surface area contributed by atoms with Crippen molar-refractivity contribution in [3.8, 4) is 0 Å². The van der Waals surface area contributed by atoms with Gasteiger partial charge in [0, 0.05) is 11.9 Å². The van der Waals surface area contributed by atoms with Crippen LogP contribution in [0.3, 0.4) is 0 Å². The van der Waals surface area contributed by atoms with Gasteiger partial charge in [-0.05, 0) is 19.3 Å². The Labute approximate surface area is 160 Å². The smallest absolute Gasteiger partial charge is 0.748 e. The average Bonchev–Trinajstić information content (AvgIpc) is 2.30. The van der Waals surface area contributed by atoms with Crippen molar-refractivity contribution in [3.05, 3.63) is 0 Å². The Balaban J connectivity index is 0. The molecule has 0 aromatic heterocycles. The Bertz CT molecular complexity index is 280. The molecular formula is C13H27KO4S. The van der Waals surface area contributed by atoms with Gasteiger partial charge >= 0.3 is 51.4 Å². The Morgan fingerprint density at radius 3 is 1.89 bits per heavy atom. The molecule has 0 spiro atoms. The summed E-state index contributed by atoms with van der Waals surface area (Å²) in [6, 6.07) is 0. The predicted molar refractivity (Wildman–Crippen MR) is 72.4 cm³/mol. The minimum absolute atomic E-state index is 0. The van der Waals surface area contributed by atoms with Crippen molar-refractivity contribution in [2.24, 2.45) is 0 Å². The summed E-state index contributed by atoms with van der Waals surface area (Å²) in [5.41, 5.74) is 0. The predicted octanol–water partition coefficient (Wildman–Crippen LogP) is -0.183. The van der Waals surface area contributed by atoms with E-state index in [0.29, 0.717) is 12.8 Å². The molecule has 0 bridgehead atoms. The molecule has 0 heterocycles. The van der Waals surface area contributed by atoms with E-state index in [0.717, 1.165) is 51.4 Å². The summed E-state index contributed by atoms with van der Waals surface area (Å²) >= 11 is 0. The van der Waals surface area contributed by atoms with Crippen LogP contribution in [0.25, 0.3) is 0 Å². The van der Waals surface area contributed by atoms with E-state index in [1.807, 2.05) is 6.92 Å². The molecule has 0 aromatic rings. The van der Waals surface area contributed by atoms with Gasteiger partial charge in [-0.3, -0.25) is 0 Å². The van der Waals surface area contributed by atoms with Gasteiger partial charge in [-0.1, -0.05) is 51.9 Å². The summed E-state index contributed by atoms with van der Waals surface area (Å²) < 4.78 is 33.2. The first-order chi connectivity index (χ1) is 8.52. The molecular weight excluding hydrogens is 291 g/mol. The van der Waals surface area contributed by atoms with Crippen LogP contribution in [0.1, 0.15) is 71.1 Å². The van der Waals surface area contributed by atoms with E-state index >= 15 is 0 Å². The fourth-order valence-corrected chi connectivity index (χ4v) is 2.97. The van der Waals surface area contributed by atoms with Crippen molar-refractivity contribution in [3.63, 3.8) is 0 Å². The molecule has 0 aliphatic heterocycles. The van der Waals surface area contributed by atoms with E-state index in [9.17, 15) is 13.0 Å². The normalized spacial score (nSPS) is 13.0. The van der Waals surface area contributed by atoms with Crippen LogP contribution in [-0.2, 0) is 10.1 Å². The molecule has 0 radical (unpaired) electrons. The van der Waals surface area contributed by atoms with E-state index in [1.54, 1.807) is 0 Å². The Morgan fingerprint density at radius 1 is 0.947 bits per heavy atom. The second-order valence-electron chi connectivity index (χ2n) is 4.89. The maximum absolute atomic E-state index is 11.1. The zero-order valence-corrected chi connectivity index (χ0v) is 16.4. The van der Waals surface area contributed by atoms with E-state index < -0.39 is 15.4 Å². The number of aliphatic hydroxyl groups excluding tert-OH is 1. The van der Waals surface area contributed by atoms with E-state index in [2.05, 4.69) is 0 Å². The molecule has 19 heavy (non-hydrogen) atoms. The molecule has 0 saturated carbocycles. The van der Waals surface area contributed by atoms with Crippen molar-refractivity contribution >= 4 is 10.1 Å². The van der Waals surface area contributed by atoms with Crippen LogP contribution in [0.15, 0.2) is 0 Å². The third-order valence-corrected chi connectivity index (χ3v) is 4.51. The summed E-state index contributed by atoms with van der Waals surface area (Å²) in [6.07, 6.45) is 8.53. The largest absolute Gasteiger partial charge is 1.00 e. The van der Waals surface area contributed by atoms with E-state index in [4.69, 9.17) is 5.11 Å². The van der Waals surface area contributed by atoms with Crippen molar-refractivity contribution in [2.75, 3.05) is 6.61 Å². The van der Waals surface area contributed by atoms with Gasteiger partial charge < -0.3 is 9.66 Å². The molecule has 110 valence electrons. The minimum atomic E-state index is -4.12. The second kappa shape index (κ2) is 14.4.